The molecule has 0 unspecified atom stereocenters. The predicted octanol–water partition coefficient (Wildman–Crippen LogP) is 3.78. The SMILES string of the molecule is CCCCCC[C@@H](NC(=O)[C@@H](NC(=O)[C@@H](NC(=O)Oc1ccccc1)C(C)C)C(C)C)[C@H](C)O. The van der Waals surface area contributed by atoms with Gasteiger partial charge in [0.05, 0.1) is 12.1 Å². The molecule has 8 heteroatoms. The Bertz CT molecular complexity index is 752. The molecule has 192 valence electrons. The van der Waals surface area contributed by atoms with Crippen molar-refractivity contribution in [3.8, 4) is 5.75 Å². The van der Waals surface area contributed by atoms with E-state index in [4.69, 9.17) is 4.74 Å². The molecule has 0 fully saturated rings. The number of para-hydroxylation sites is 1. The van der Waals surface area contributed by atoms with Gasteiger partial charge in [0.2, 0.25) is 11.8 Å². The van der Waals surface area contributed by atoms with Gasteiger partial charge in [-0.2, -0.15) is 0 Å². The summed E-state index contributed by atoms with van der Waals surface area (Å²) in [6, 6.07) is 6.50. The van der Waals surface area contributed by atoms with Crippen LogP contribution in [0.1, 0.15) is 73.6 Å². The van der Waals surface area contributed by atoms with Crippen molar-refractivity contribution in [2.75, 3.05) is 0 Å². The fourth-order valence-corrected chi connectivity index (χ4v) is 3.56. The van der Waals surface area contributed by atoms with Crippen molar-refractivity contribution in [2.24, 2.45) is 11.8 Å². The number of hydrogen-bond donors (Lipinski definition) is 4. The van der Waals surface area contributed by atoms with Crippen LogP contribution in [0, 0.1) is 11.8 Å². The lowest BCUT2D eigenvalue weighted by molar-refractivity contribution is -0.132. The van der Waals surface area contributed by atoms with E-state index in [1.165, 1.54) is 0 Å². The van der Waals surface area contributed by atoms with E-state index in [0.29, 0.717) is 12.2 Å². The number of aliphatic hydroxyl groups is 1. The first-order valence-electron chi connectivity index (χ1n) is 12.4. The summed E-state index contributed by atoms with van der Waals surface area (Å²) in [4.78, 5) is 38.4. The molecule has 0 aliphatic rings. The summed E-state index contributed by atoms with van der Waals surface area (Å²) in [6.45, 7) is 11.1. The van der Waals surface area contributed by atoms with Crippen molar-refractivity contribution in [3.63, 3.8) is 0 Å². The molecule has 34 heavy (non-hydrogen) atoms. The van der Waals surface area contributed by atoms with Gasteiger partial charge in [0.15, 0.2) is 0 Å². The second-order valence-corrected chi connectivity index (χ2v) is 9.50. The highest BCUT2D eigenvalue weighted by molar-refractivity contribution is 5.91. The fourth-order valence-electron chi connectivity index (χ4n) is 3.56. The van der Waals surface area contributed by atoms with Gasteiger partial charge in [-0.15, -0.1) is 0 Å². The normalized spacial score (nSPS) is 14.7. The number of unbranched alkanes of at least 4 members (excludes halogenated alkanes) is 3. The molecule has 1 rings (SSSR count). The molecule has 1 aromatic rings. The quantitative estimate of drug-likeness (QED) is 0.304. The van der Waals surface area contributed by atoms with Crippen LogP contribution in [-0.2, 0) is 9.59 Å². The maximum absolute atomic E-state index is 13.0. The number of hydrogen-bond acceptors (Lipinski definition) is 5. The Labute approximate surface area is 204 Å². The van der Waals surface area contributed by atoms with Crippen LogP contribution in [0.15, 0.2) is 30.3 Å². The standard InChI is InChI=1S/C26H43N3O5/c1-7-8-9-13-16-21(19(6)30)27-24(31)22(17(2)3)28-25(32)23(18(4)5)29-26(33)34-20-14-11-10-12-15-20/h10-12,14-15,17-19,21-23,30H,7-9,13,16H2,1-6H3,(H,27,31)(H,28,32)(H,29,33)/t19-,21+,22-,23-/m0/s1. The van der Waals surface area contributed by atoms with E-state index < -0.39 is 30.2 Å². The first kappa shape index (κ1) is 29.4. The third-order valence-corrected chi connectivity index (χ3v) is 5.70. The van der Waals surface area contributed by atoms with Crippen LogP contribution in [0.5, 0.6) is 5.75 Å². The van der Waals surface area contributed by atoms with Crippen LogP contribution in [0.25, 0.3) is 0 Å². The third-order valence-electron chi connectivity index (χ3n) is 5.70. The average molecular weight is 478 g/mol. The number of carbonyl (C=O) groups excluding carboxylic acids is 3. The Morgan fingerprint density at radius 3 is 1.91 bits per heavy atom. The number of aliphatic hydroxyl groups excluding tert-OH is 1. The number of carbonyl (C=O) groups is 3. The molecular weight excluding hydrogens is 434 g/mol. The molecule has 8 nitrogen and oxygen atoms in total. The molecular formula is C26H43N3O5. The van der Waals surface area contributed by atoms with E-state index in [1.54, 1.807) is 51.1 Å². The van der Waals surface area contributed by atoms with Crippen LogP contribution in [0.3, 0.4) is 0 Å². The van der Waals surface area contributed by atoms with Crippen LogP contribution >= 0.6 is 0 Å². The Kier molecular flexibility index (Phi) is 13.3. The highest BCUT2D eigenvalue weighted by Gasteiger charge is 2.32. The first-order valence-corrected chi connectivity index (χ1v) is 12.4. The maximum Gasteiger partial charge on any atom is 0.413 e. The van der Waals surface area contributed by atoms with Crippen molar-refractivity contribution in [2.45, 2.75) is 97.9 Å². The van der Waals surface area contributed by atoms with E-state index in [2.05, 4.69) is 22.9 Å². The van der Waals surface area contributed by atoms with E-state index >= 15 is 0 Å². The zero-order valence-electron chi connectivity index (χ0n) is 21.5. The summed E-state index contributed by atoms with van der Waals surface area (Å²) in [5.74, 6) is -0.874. The summed E-state index contributed by atoms with van der Waals surface area (Å²) < 4.78 is 5.24. The topological polar surface area (TPSA) is 117 Å². The Balaban J connectivity index is 2.80. The maximum atomic E-state index is 13.0. The predicted molar refractivity (Wildman–Crippen MR) is 133 cm³/mol. The molecule has 0 saturated carbocycles. The molecule has 3 amide bonds. The second-order valence-electron chi connectivity index (χ2n) is 9.50. The summed E-state index contributed by atoms with van der Waals surface area (Å²) in [6.07, 6.45) is 3.40. The fraction of sp³-hybridized carbons (Fsp3) is 0.654. The lowest BCUT2D eigenvalue weighted by atomic mass is 9.98. The van der Waals surface area contributed by atoms with Crippen LogP contribution in [0.4, 0.5) is 4.79 Å². The van der Waals surface area contributed by atoms with Crippen molar-refractivity contribution in [1.29, 1.82) is 0 Å². The first-order chi connectivity index (χ1) is 16.1. The molecule has 0 spiro atoms. The third kappa shape index (κ3) is 10.5. The van der Waals surface area contributed by atoms with E-state index in [1.807, 2.05) is 13.8 Å². The highest BCUT2D eigenvalue weighted by atomic mass is 16.6. The van der Waals surface area contributed by atoms with E-state index in [0.717, 1.165) is 25.7 Å². The van der Waals surface area contributed by atoms with Gasteiger partial charge >= 0.3 is 6.09 Å². The second kappa shape index (κ2) is 15.3. The van der Waals surface area contributed by atoms with Gasteiger partial charge in [-0.1, -0.05) is 78.5 Å². The number of amides is 3. The Hall–Kier alpha value is -2.61. The van der Waals surface area contributed by atoms with Gasteiger partial charge < -0.3 is 25.8 Å². The molecule has 1 aromatic carbocycles. The summed E-state index contributed by atoms with van der Waals surface area (Å²) in [5.41, 5.74) is 0. The van der Waals surface area contributed by atoms with Crippen molar-refractivity contribution in [3.05, 3.63) is 30.3 Å². The minimum Gasteiger partial charge on any atom is -0.410 e. The van der Waals surface area contributed by atoms with Crippen molar-refractivity contribution >= 4 is 17.9 Å². The Morgan fingerprint density at radius 2 is 1.38 bits per heavy atom. The average Bonchev–Trinajstić information content (AvgIpc) is 2.77. The molecule has 0 aromatic heterocycles. The number of nitrogens with one attached hydrogen (secondary N) is 3. The van der Waals surface area contributed by atoms with Crippen molar-refractivity contribution < 1.29 is 24.2 Å². The highest BCUT2D eigenvalue weighted by Crippen LogP contribution is 2.12. The van der Waals surface area contributed by atoms with E-state index in [-0.39, 0.29) is 23.8 Å². The smallest absolute Gasteiger partial charge is 0.410 e. The van der Waals surface area contributed by atoms with Gasteiger partial charge in [-0.3, -0.25) is 9.59 Å². The van der Waals surface area contributed by atoms with Crippen molar-refractivity contribution in [1.82, 2.24) is 16.0 Å². The van der Waals surface area contributed by atoms with Crippen LogP contribution in [0.2, 0.25) is 0 Å². The molecule has 0 bridgehead atoms. The molecule has 0 saturated heterocycles. The number of ether oxygens (including phenoxy) is 1. The molecule has 0 aliphatic carbocycles. The minimum atomic E-state index is -0.883. The zero-order chi connectivity index (χ0) is 25.7. The van der Waals surface area contributed by atoms with Gasteiger partial charge in [0.25, 0.3) is 0 Å². The molecule has 0 heterocycles. The molecule has 0 aliphatic heterocycles. The number of rotatable bonds is 14. The monoisotopic (exact) mass is 477 g/mol. The lowest BCUT2D eigenvalue weighted by Gasteiger charge is -2.29. The Morgan fingerprint density at radius 1 is 0.824 bits per heavy atom. The summed E-state index contributed by atoms with van der Waals surface area (Å²) >= 11 is 0. The van der Waals surface area contributed by atoms with Gasteiger partial charge in [-0.25, -0.2) is 4.79 Å². The lowest BCUT2D eigenvalue weighted by Crippen LogP contribution is -2.58. The zero-order valence-corrected chi connectivity index (χ0v) is 21.5. The van der Waals surface area contributed by atoms with Gasteiger partial charge in [0.1, 0.15) is 17.8 Å². The minimum absolute atomic E-state index is 0.192. The van der Waals surface area contributed by atoms with E-state index in [9.17, 15) is 19.5 Å². The van der Waals surface area contributed by atoms with Gasteiger partial charge in [0, 0.05) is 0 Å². The summed E-state index contributed by atoms with van der Waals surface area (Å²) in [5, 5.41) is 18.4. The molecule has 4 atom stereocenters. The van der Waals surface area contributed by atoms with Gasteiger partial charge in [-0.05, 0) is 37.3 Å². The summed E-state index contributed by atoms with van der Waals surface area (Å²) in [7, 11) is 0. The van der Waals surface area contributed by atoms with Crippen LogP contribution in [-0.4, -0.2) is 47.2 Å². The number of benzene rings is 1. The molecule has 4 N–H and O–H groups in total. The molecule has 0 radical (unpaired) electrons. The van der Waals surface area contributed by atoms with Crippen LogP contribution < -0.4 is 20.7 Å². The largest absolute Gasteiger partial charge is 0.413 e.